The number of methoxy groups -OCH3 is 1. The van der Waals surface area contributed by atoms with E-state index in [2.05, 4.69) is 15.8 Å². The molecule has 0 unspecified atom stereocenters. The fraction of sp³-hybridized carbons (Fsp3) is 0.125. The number of rotatable bonds is 4. The van der Waals surface area contributed by atoms with Crippen molar-refractivity contribution < 1.29 is 14.9 Å². The molecule has 0 aliphatic carbocycles. The van der Waals surface area contributed by atoms with Crippen LogP contribution in [0.2, 0.25) is 0 Å². The van der Waals surface area contributed by atoms with E-state index in [1.54, 1.807) is 20.1 Å². The molecule has 0 heterocycles. The number of nitrogens with one attached hydrogen (secondary N) is 2. The zero-order valence-electron chi connectivity index (χ0n) is 12.7. The topological polar surface area (TPSA) is 86.1 Å². The molecule has 0 amide bonds. The Morgan fingerprint density at radius 2 is 1.83 bits per heavy atom. The molecule has 120 valence electrons. The van der Waals surface area contributed by atoms with E-state index < -0.39 is 0 Å². The molecule has 4 N–H and O–H groups in total. The lowest BCUT2D eigenvalue weighted by Gasteiger charge is -2.09. The van der Waals surface area contributed by atoms with Gasteiger partial charge in [-0.05, 0) is 55.5 Å². The highest BCUT2D eigenvalue weighted by atomic mass is 32.1. The van der Waals surface area contributed by atoms with Gasteiger partial charge in [0, 0.05) is 17.3 Å². The van der Waals surface area contributed by atoms with Crippen molar-refractivity contribution in [3.05, 3.63) is 48.0 Å². The molecular weight excluding hydrogens is 314 g/mol. The first-order valence-electron chi connectivity index (χ1n) is 6.77. The number of aromatic hydroxyl groups is 2. The highest BCUT2D eigenvalue weighted by molar-refractivity contribution is 7.80. The third kappa shape index (κ3) is 4.58. The van der Waals surface area contributed by atoms with E-state index in [9.17, 15) is 10.2 Å². The first kappa shape index (κ1) is 16.6. The van der Waals surface area contributed by atoms with Gasteiger partial charge in [0.15, 0.2) is 5.11 Å². The van der Waals surface area contributed by atoms with Crippen molar-refractivity contribution in [2.45, 2.75) is 6.92 Å². The minimum absolute atomic E-state index is 0.0105. The van der Waals surface area contributed by atoms with Gasteiger partial charge in [-0.3, -0.25) is 5.43 Å². The molecule has 0 fully saturated rings. The first-order chi connectivity index (χ1) is 11.0. The van der Waals surface area contributed by atoms with E-state index in [1.807, 2.05) is 24.3 Å². The van der Waals surface area contributed by atoms with Crippen LogP contribution in [0.15, 0.2) is 47.6 Å². The number of thiocarbonyl (C=S) groups is 1. The predicted octanol–water partition coefficient (Wildman–Crippen LogP) is 2.82. The standard InChI is InChI=1S/C16H17N3O3S/c1-10(14-8-5-12(20)9-15(14)21)18-19-16(23)17-11-3-6-13(22-2)7-4-11/h3-9,20-21H,1-2H3,(H2,17,19,23). The lowest BCUT2D eigenvalue weighted by Crippen LogP contribution is -2.24. The number of hydrogen-bond donors (Lipinski definition) is 4. The Labute approximate surface area is 139 Å². The molecule has 2 rings (SSSR count). The molecule has 23 heavy (non-hydrogen) atoms. The van der Waals surface area contributed by atoms with Gasteiger partial charge in [0.1, 0.15) is 17.2 Å². The molecular formula is C16H17N3O3S. The van der Waals surface area contributed by atoms with E-state index in [0.29, 0.717) is 16.4 Å². The largest absolute Gasteiger partial charge is 0.508 e. The molecule has 6 nitrogen and oxygen atoms in total. The van der Waals surface area contributed by atoms with Gasteiger partial charge in [-0.15, -0.1) is 0 Å². The number of hydrazone groups is 1. The van der Waals surface area contributed by atoms with Crippen LogP contribution >= 0.6 is 12.2 Å². The van der Waals surface area contributed by atoms with Crippen LogP contribution < -0.4 is 15.5 Å². The monoisotopic (exact) mass is 331 g/mol. The summed E-state index contributed by atoms with van der Waals surface area (Å²) in [4.78, 5) is 0. The second-order valence-electron chi connectivity index (χ2n) is 4.69. The fourth-order valence-electron chi connectivity index (χ4n) is 1.85. The van der Waals surface area contributed by atoms with Crippen LogP contribution in [0.3, 0.4) is 0 Å². The van der Waals surface area contributed by atoms with E-state index in [1.165, 1.54) is 12.1 Å². The van der Waals surface area contributed by atoms with E-state index in [-0.39, 0.29) is 11.5 Å². The Bertz CT molecular complexity index is 730. The van der Waals surface area contributed by atoms with Crippen molar-refractivity contribution in [1.82, 2.24) is 5.43 Å². The molecule has 0 saturated carbocycles. The van der Waals surface area contributed by atoms with Gasteiger partial charge in [-0.1, -0.05) is 0 Å². The number of phenols is 2. The van der Waals surface area contributed by atoms with Crippen molar-refractivity contribution in [3.63, 3.8) is 0 Å². The summed E-state index contributed by atoms with van der Waals surface area (Å²) in [7, 11) is 1.60. The minimum atomic E-state index is -0.0536. The van der Waals surface area contributed by atoms with Gasteiger partial charge in [0.2, 0.25) is 0 Å². The number of hydrogen-bond acceptors (Lipinski definition) is 5. The molecule has 7 heteroatoms. The van der Waals surface area contributed by atoms with Gasteiger partial charge >= 0.3 is 0 Å². The van der Waals surface area contributed by atoms with Crippen LogP contribution in [0, 0.1) is 0 Å². The molecule has 2 aromatic rings. The zero-order valence-corrected chi connectivity index (χ0v) is 13.5. The molecule has 0 aromatic heterocycles. The SMILES string of the molecule is COc1ccc(NC(=S)NN=C(C)c2ccc(O)cc2O)cc1. The Balaban J connectivity index is 1.99. The third-order valence-corrected chi connectivity index (χ3v) is 3.24. The maximum absolute atomic E-state index is 9.78. The quantitative estimate of drug-likeness (QED) is 0.392. The van der Waals surface area contributed by atoms with Gasteiger partial charge < -0.3 is 20.3 Å². The summed E-state index contributed by atoms with van der Waals surface area (Å²) in [6.07, 6.45) is 0. The number of nitrogens with zero attached hydrogens (tertiary/aromatic N) is 1. The zero-order chi connectivity index (χ0) is 16.8. The lowest BCUT2D eigenvalue weighted by atomic mass is 10.1. The fourth-order valence-corrected chi connectivity index (χ4v) is 2.02. The second kappa shape index (κ2) is 7.46. The Morgan fingerprint density at radius 1 is 1.13 bits per heavy atom. The maximum Gasteiger partial charge on any atom is 0.191 e. The third-order valence-electron chi connectivity index (χ3n) is 3.04. The first-order valence-corrected chi connectivity index (χ1v) is 7.18. The summed E-state index contributed by atoms with van der Waals surface area (Å²) < 4.78 is 5.08. The van der Waals surface area contributed by atoms with Crippen LogP contribution in [0.25, 0.3) is 0 Å². The Morgan fingerprint density at radius 3 is 2.43 bits per heavy atom. The molecule has 0 saturated heterocycles. The highest BCUT2D eigenvalue weighted by Gasteiger charge is 2.06. The van der Waals surface area contributed by atoms with Crippen LogP contribution in [0.4, 0.5) is 5.69 Å². The molecule has 0 aliphatic heterocycles. The molecule has 0 bridgehead atoms. The lowest BCUT2D eigenvalue weighted by molar-refractivity contribution is 0.415. The van der Waals surface area contributed by atoms with Gasteiger partial charge in [-0.25, -0.2) is 0 Å². The van der Waals surface area contributed by atoms with Crippen molar-refractivity contribution in [2.75, 3.05) is 12.4 Å². The summed E-state index contributed by atoms with van der Waals surface area (Å²) in [6.45, 7) is 1.72. The molecule has 0 spiro atoms. The highest BCUT2D eigenvalue weighted by Crippen LogP contribution is 2.23. The minimum Gasteiger partial charge on any atom is -0.508 e. The van der Waals surface area contributed by atoms with Gasteiger partial charge in [0.25, 0.3) is 0 Å². The average Bonchev–Trinajstić information content (AvgIpc) is 2.53. The summed E-state index contributed by atoms with van der Waals surface area (Å²) >= 11 is 5.16. The van der Waals surface area contributed by atoms with Crippen molar-refractivity contribution in [1.29, 1.82) is 0 Å². The van der Waals surface area contributed by atoms with Gasteiger partial charge in [-0.2, -0.15) is 5.10 Å². The van der Waals surface area contributed by atoms with E-state index in [4.69, 9.17) is 17.0 Å². The van der Waals surface area contributed by atoms with Crippen LogP contribution in [0.5, 0.6) is 17.2 Å². The average molecular weight is 331 g/mol. The van der Waals surface area contributed by atoms with Gasteiger partial charge in [0.05, 0.1) is 12.8 Å². The molecule has 0 atom stereocenters. The van der Waals surface area contributed by atoms with Crippen LogP contribution in [0.1, 0.15) is 12.5 Å². The number of anilines is 1. The number of ether oxygens (including phenoxy) is 1. The summed E-state index contributed by atoms with van der Waals surface area (Å²) in [5, 5.41) is 26.5. The Hall–Kier alpha value is -2.80. The predicted molar refractivity (Wildman–Crippen MR) is 94.3 cm³/mol. The van der Waals surface area contributed by atoms with Crippen molar-refractivity contribution >= 4 is 28.7 Å². The number of benzene rings is 2. The maximum atomic E-state index is 9.78. The second-order valence-corrected chi connectivity index (χ2v) is 5.10. The normalized spacial score (nSPS) is 11.0. The Kier molecular flexibility index (Phi) is 5.37. The molecule has 2 aromatic carbocycles. The van der Waals surface area contributed by atoms with Crippen LogP contribution in [-0.4, -0.2) is 28.1 Å². The van der Waals surface area contributed by atoms with E-state index in [0.717, 1.165) is 11.4 Å². The van der Waals surface area contributed by atoms with Crippen molar-refractivity contribution in [2.24, 2.45) is 5.10 Å². The molecule has 0 aliphatic rings. The smallest absolute Gasteiger partial charge is 0.191 e. The van der Waals surface area contributed by atoms with Crippen molar-refractivity contribution in [3.8, 4) is 17.2 Å². The van der Waals surface area contributed by atoms with Crippen LogP contribution in [-0.2, 0) is 0 Å². The van der Waals surface area contributed by atoms with E-state index >= 15 is 0 Å². The summed E-state index contributed by atoms with van der Waals surface area (Å²) in [6, 6.07) is 11.6. The summed E-state index contributed by atoms with van der Waals surface area (Å²) in [5.74, 6) is 0.692. The summed E-state index contributed by atoms with van der Waals surface area (Å²) in [5.41, 5.74) is 4.53. The molecule has 0 radical (unpaired) electrons. The number of phenolic OH excluding ortho intramolecular Hbond substituents is 2.